The lowest BCUT2D eigenvalue weighted by Gasteiger charge is -2.37. The van der Waals surface area contributed by atoms with Gasteiger partial charge in [-0.1, -0.05) is 13.8 Å². The first-order chi connectivity index (χ1) is 11.1. The molecule has 23 heavy (non-hydrogen) atoms. The van der Waals surface area contributed by atoms with Gasteiger partial charge in [-0.15, -0.1) is 0 Å². The SMILES string of the molecule is CC.COc1cc(C)nc(N2CCC(C#N)(OCCN)CC2)n1. The van der Waals surface area contributed by atoms with Crippen LogP contribution < -0.4 is 15.4 Å². The number of nitriles is 1. The molecule has 2 rings (SSSR count). The Kier molecular flexibility index (Phi) is 7.72. The Morgan fingerprint density at radius 3 is 2.52 bits per heavy atom. The van der Waals surface area contributed by atoms with E-state index in [4.69, 9.17) is 15.2 Å². The summed E-state index contributed by atoms with van der Waals surface area (Å²) in [6.45, 7) is 8.07. The van der Waals surface area contributed by atoms with Crippen LogP contribution in [0.4, 0.5) is 5.95 Å². The van der Waals surface area contributed by atoms with Gasteiger partial charge in [0.05, 0.1) is 19.8 Å². The molecule has 1 aromatic rings. The van der Waals surface area contributed by atoms with Gasteiger partial charge in [-0.05, 0) is 6.92 Å². The third kappa shape index (κ3) is 5.05. The third-order valence-electron chi connectivity index (χ3n) is 3.58. The standard InChI is InChI=1S/C14H21N5O2.C2H6/c1-11-9-12(20-2)18-13(17-11)19-6-3-14(10-16,4-7-19)21-8-5-15;1-2/h9H,3-8,15H2,1-2H3;1-2H3. The van der Waals surface area contributed by atoms with Crippen LogP contribution in [0.15, 0.2) is 6.07 Å². The topological polar surface area (TPSA) is 97.3 Å². The number of aryl methyl sites for hydroxylation is 1. The molecule has 7 heteroatoms. The lowest BCUT2D eigenvalue weighted by Crippen LogP contribution is -2.46. The number of aromatic nitrogens is 2. The predicted molar refractivity (Wildman–Crippen MR) is 89.5 cm³/mol. The van der Waals surface area contributed by atoms with E-state index in [2.05, 4.69) is 20.9 Å². The molecule has 0 spiro atoms. The molecule has 1 aliphatic heterocycles. The highest BCUT2D eigenvalue weighted by Gasteiger charge is 2.36. The molecule has 0 radical (unpaired) electrons. The molecule has 0 amide bonds. The molecular formula is C16H27N5O2. The Balaban J connectivity index is 0.00000127. The van der Waals surface area contributed by atoms with Gasteiger partial charge in [0.15, 0.2) is 5.60 Å². The van der Waals surface area contributed by atoms with E-state index in [1.165, 1.54) is 0 Å². The Morgan fingerprint density at radius 2 is 2.00 bits per heavy atom. The minimum absolute atomic E-state index is 0.405. The van der Waals surface area contributed by atoms with Crippen molar-refractivity contribution in [1.82, 2.24) is 9.97 Å². The highest BCUT2D eigenvalue weighted by atomic mass is 16.5. The summed E-state index contributed by atoms with van der Waals surface area (Å²) in [6, 6.07) is 4.08. The number of hydrogen-bond donors (Lipinski definition) is 1. The van der Waals surface area contributed by atoms with E-state index in [9.17, 15) is 5.26 Å². The van der Waals surface area contributed by atoms with Crippen LogP contribution in [0.5, 0.6) is 5.88 Å². The summed E-state index contributed by atoms with van der Waals surface area (Å²) < 4.78 is 10.8. The molecule has 0 atom stereocenters. The number of methoxy groups -OCH3 is 1. The number of piperidine rings is 1. The zero-order chi connectivity index (χ0) is 17.3. The maximum absolute atomic E-state index is 9.37. The van der Waals surface area contributed by atoms with Gasteiger partial charge in [0, 0.05) is 44.2 Å². The van der Waals surface area contributed by atoms with E-state index in [1.807, 2.05) is 20.8 Å². The zero-order valence-corrected chi connectivity index (χ0v) is 14.5. The van der Waals surface area contributed by atoms with Gasteiger partial charge in [-0.2, -0.15) is 10.2 Å². The molecule has 0 aliphatic carbocycles. The molecule has 2 N–H and O–H groups in total. The maximum atomic E-state index is 9.37. The monoisotopic (exact) mass is 321 g/mol. The van der Waals surface area contributed by atoms with Gasteiger partial charge in [0.1, 0.15) is 0 Å². The maximum Gasteiger partial charge on any atom is 0.228 e. The lowest BCUT2D eigenvalue weighted by molar-refractivity contribution is -0.0148. The first kappa shape index (κ1) is 19.1. The fraction of sp³-hybridized carbons (Fsp3) is 0.688. The van der Waals surface area contributed by atoms with Crippen molar-refractivity contribution in [2.75, 3.05) is 38.3 Å². The van der Waals surface area contributed by atoms with Crippen LogP contribution in [0.2, 0.25) is 0 Å². The summed E-state index contributed by atoms with van der Waals surface area (Å²) >= 11 is 0. The zero-order valence-electron chi connectivity index (χ0n) is 14.5. The normalized spacial score (nSPS) is 16.1. The van der Waals surface area contributed by atoms with Gasteiger partial charge in [-0.3, -0.25) is 0 Å². The highest BCUT2D eigenvalue weighted by molar-refractivity contribution is 5.35. The van der Waals surface area contributed by atoms with E-state index in [1.54, 1.807) is 13.2 Å². The van der Waals surface area contributed by atoms with Crippen molar-refractivity contribution in [2.24, 2.45) is 5.73 Å². The van der Waals surface area contributed by atoms with Crippen molar-refractivity contribution < 1.29 is 9.47 Å². The summed E-state index contributed by atoms with van der Waals surface area (Å²) in [5, 5.41) is 9.37. The second-order valence-electron chi connectivity index (χ2n) is 5.08. The Morgan fingerprint density at radius 1 is 1.35 bits per heavy atom. The molecule has 1 aromatic heterocycles. The number of nitrogens with zero attached hydrogens (tertiary/aromatic N) is 4. The quantitative estimate of drug-likeness (QED) is 0.880. The molecule has 1 fully saturated rings. The fourth-order valence-corrected chi connectivity index (χ4v) is 2.38. The molecule has 0 saturated carbocycles. The van der Waals surface area contributed by atoms with Crippen molar-refractivity contribution in [3.05, 3.63) is 11.8 Å². The van der Waals surface area contributed by atoms with Crippen LogP contribution in [0.3, 0.4) is 0 Å². The van der Waals surface area contributed by atoms with Crippen LogP contribution in [0.25, 0.3) is 0 Å². The lowest BCUT2D eigenvalue weighted by atomic mass is 9.93. The number of hydrogen-bond acceptors (Lipinski definition) is 7. The summed E-state index contributed by atoms with van der Waals surface area (Å²) in [7, 11) is 1.59. The smallest absolute Gasteiger partial charge is 0.228 e. The number of rotatable bonds is 5. The van der Waals surface area contributed by atoms with E-state index in [0.717, 1.165) is 5.69 Å². The highest BCUT2D eigenvalue weighted by Crippen LogP contribution is 2.28. The van der Waals surface area contributed by atoms with Gasteiger partial charge >= 0.3 is 0 Å². The minimum atomic E-state index is -0.732. The number of nitrogens with two attached hydrogens (primary N) is 1. The van der Waals surface area contributed by atoms with Gasteiger partial charge in [0.25, 0.3) is 0 Å². The van der Waals surface area contributed by atoms with E-state index in [0.29, 0.717) is 50.9 Å². The molecule has 128 valence electrons. The van der Waals surface area contributed by atoms with Crippen molar-refractivity contribution in [3.63, 3.8) is 0 Å². The van der Waals surface area contributed by atoms with Gasteiger partial charge in [0.2, 0.25) is 11.8 Å². The first-order valence-corrected chi connectivity index (χ1v) is 8.02. The molecule has 1 aliphatic rings. The molecule has 0 unspecified atom stereocenters. The molecule has 0 bridgehead atoms. The Labute approximate surface area is 138 Å². The average Bonchev–Trinajstić information content (AvgIpc) is 2.61. The number of ether oxygens (including phenoxy) is 2. The largest absolute Gasteiger partial charge is 0.481 e. The van der Waals surface area contributed by atoms with Crippen LogP contribution in [-0.4, -0.2) is 48.9 Å². The van der Waals surface area contributed by atoms with Crippen molar-refractivity contribution >= 4 is 5.95 Å². The fourth-order valence-electron chi connectivity index (χ4n) is 2.38. The summed E-state index contributed by atoms with van der Waals surface area (Å²) in [4.78, 5) is 10.8. The average molecular weight is 321 g/mol. The van der Waals surface area contributed by atoms with Crippen LogP contribution in [0, 0.1) is 18.3 Å². The van der Waals surface area contributed by atoms with Crippen molar-refractivity contribution in [3.8, 4) is 11.9 Å². The number of anilines is 1. The van der Waals surface area contributed by atoms with Crippen LogP contribution in [-0.2, 0) is 4.74 Å². The summed E-state index contributed by atoms with van der Waals surface area (Å²) in [5.41, 5.74) is 5.57. The van der Waals surface area contributed by atoms with Crippen molar-refractivity contribution in [2.45, 2.75) is 39.2 Å². The van der Waals surface area contributed by atoms with Crippen LogP contribution in [0.1, 0.15) is 32.4 Å². The Bertz CT molecular complexity index is 522. The minimum Gasteiger partial charge on any atom is -0.481 e. The van der Waals surface area contributed by atoms with Gasteiger partial charge < -0.3 is 20.1 Å². The van der Waals surface area contributed by atoms with E-state index >= 15 is 0 Å². The second kappa shape index (κ2) is 9.28. The molecule has 2 heterocycles. The van der Waals surface area contributed by atoms with E-state index in [-0.39, 0.29) is 0 Å². The second-order valence-corrected chi connectivity index (χ2v) is 5.08. The summed E-state index contributed by atoms with van der Waals surface area (Å²) in [6.07, 6.45) is 1.23. The van der Waals surface area contributed by atoms with Crippen LogP contribution >= 0.6 is 0 Å². The molecule has 7 nitrogen and oxygen atoms in total. The summed E-state index contributed by atoms with van der Waals surface area (Å²) in [5.74, 6) is 1.19. The first-order valence-electron chi connectivity index (χ1n) is 8.02. The third-order valence-corrected chi connectivity index (χ3v) is 3.58. The Hall–Kier alpha value is -1.91. The van der Waals surface area contributed by atoms with E-state index < -0.39 is 5.60 Å². The molecule has 0 aromatic carbocycles. The van der Waals surface area contributed by atoms with Crippen molar-refractivity contribution in [1.29, 1.82) is 5.26 Å². The van der Waals surface area contributed by atoms with Gasteiger partial charge in [-0.25, -0.2) is 4.98 Å². The molecular weight excluding hydrogens is 294 g/mol. The molecule has 1 saturated heterocycles. The predicted octanol–water partition coefficient (Wildman–Crippen LogP) is 1.66.